The molecule has 0 saturated heterocycles. The number of rotatable bonds is 6. The molecule has 3 heterocycles. The van der Waals surface area contributed by atoms with Crippen LogP contribution >= 0.6 is 15.9 Å². The molecule has 0 bridgehead atoms. The number of nitrogens with zero attached hydrogens (tertiary/aromatic N) is 5. The Balaban J connectivity index is 2.00. The summed E-state index contributed by atoms with van der Waals surface area (Å²) in [4.78, 5) is 13.4. The summed E-state index contributed by atoms with van der Waals surface area (Å²) in [6.45, 7) is 3.08. The highest BCUT2D eigenvalue weighted by atomic mass is 79.9. The molecule has 25 heavy (non-hydrogen) atoms. The van der Waals surface area contributed by atoms with E-state index in [-0.39, 0.29) is 0 Å². The summed E-state index contributed by atoms with van der Waals surface area (Å²) in [6.07, 6.45) is 10.6. The summed E-state index contributed by atoms with van der Waals surface area (Å²) in [5.41, 5.74) is 1.72. The minimum Gasteiger partial charge on any atom is -0.369 e. The maximum absolute atomic E-state index is 5.33. The van der Waals surface area contributed by atoms with E-state index < -0.39 is 0 Å². The number of halogens is 1. The fourth-order valence-electron chi connectivity index (χ4n) is 2.17. The molecule has 2 N–H and O–H groups in total. The van der Waals surface area contributed by atoms with Gasteiger partial charge in [-0.25, -0.2) is 4.68 Å². The number of aromatic nitrogens is 5. The summed E-state index contributed by atoms with van der Waals surface area (Å²) < 4.78 is 2.34. The first-order valence-corrected chi connectivity index (χ1v) is 8.47. The zero-order chi connectivity index (χ0) is 17.6. The molecular formula is C17H16BrN7. The van der Waals surface area contributed by atoms with Gasteiger partial charge in [0.05, 0.1) is 18.4 Å². The quantitative estimate of drug-likeness (QED) is 0.622. The summed E-state index contributed by atoms with van der Waals surface area (Å²) in [5.74, 6) is 4.24. The van der Waals surface area contributed by atoms with Crippen molar-refractivity contribution in [1.82, 2.24) is 24.7 Å². The van der Waals surface area contributed by atoms with E-state index in [1.54, 1.807) is 17.1 Å². The van der Waals surface area contributed by atoms with Gasteiger partial charge in [0.15, 0.2) is 0 Å². The maximum Gasteiger partial charge on any atom is 0.254 e. The smallest absolute Gasteiger partial charge is 0.254 e. The van der Waals surface area contributed by atoms with Crippen molar-refractivity contribution < 1.29 is 0 Å². The molecule has 8 heteroatoms. The minimum absolute atomic E-state index is 0.360. The lowest BCUT2D eigenvalue weighted by Gasteiger charge is -2.12. The zero-order valence-electron chi connectivity index (χ0n) is 13.6. The number of hydrogen-bond acceptors (Lipinski definition) is 6. The topological polar surface area (TPSA) is 80.6 Å². The predicted molar refractivity (Wildman–Crippen MR) is 102 cm³/mol. The highest BCUT2D eigenvalue weighted by Crippen LogP contribution is 2.28. The van der Waals surface area contributed by atoms with E-state index in [1.165, 1.54) is 0 Å². The van der Waals surface area contributed by atoms with Gasteiger partial charge in [-0.2, -0.15) is 15.1 Å². The maximum atomic E-state index is 5.33. The molecule has 0 aliphatic heterocycles. The first-order chi connectivity index (χ1) is 12.2. The normalized spacial score (nSPS) is 10.3. The van der Waals surface area contributed by atoms with Crippen LogP contribution in [-0.4, -0.2) is 37.8 Å². The average Bonchev–Trinajstić information content (AvgIpc) is 3.13. The molecule has 0 fully saturated rings. The van der Waals surface area contributed by atoms with Crippen molar-refractivity contribution in [1.29, 1.82) is 0 Å². The van der Waals surface area contributed by atoms with Crippen molar-refractivity contribution in [3.8, 4) is 29.5 Å². The third-order valence-corrected chi connectivity index (χ3v) is 4.04. The van der Waals surface area contributed by atoms with Crippen LogP contribution < -0.4 is 10.6 Å². The molecule has 3 aromatic heterocycles. The van der Waals surface area contributed by atoms with E-state index in [4.69, 9.17) is 6.42 Å². The number of nitrogens with one attached hydrogen (secondary N) is 2. The molecule has 3 aromatic rings. The Morgan fingerprint density at radius 1 is 1.24 bits per heavy atom. The van der Waals surface area contributed by atoms with Gasteiger partial charge in [-0.05, 0) is 35.0 Å². The van der Waals surface area contributed by atoms with Gasteiger partial charge >= 0.3 is 0 Å². The van der Waals surface area contributed by atoms with Crippen LogP contribution in [0.1, 0.15) is 6.92 Å². The lowest BCUT2D eigenvalue weighted by molar-refractivity contribution is 0.808. The van der Waals surface area contributed by atoms with Crippen LogP contribution in [-0.2, 0) is 0 Å². The monoisotopic (exact) mass is 397 g/mol. The van der Waals surface area contributed by atoms with Crippen LogP contribution in [0.25, 0.3) is 17.2 Å². The van der Waals surface area contributed by atoms with Crippen molar-refractivity contribution in [3.63, 3.8) is 0 Å². The summed E-state index contributed by atoms with van der Waals surface area (Å²) in [6, 6.07) is 5.73. The summed E-state index contributed by atoms with van der Waals surface area (Å²) >= 11 is 3.50. The predicted octanol–water partition coefficient (Wildman–Crippen LogP) is 2.96. The lowest BCUT2D eigenvalue weighted by Crippen LogP contribution is -2.11. The molecule has 0 spiro atoms. The molecule has 3 rings (SSSR count). The first kappa shape index (κ1) is 16.9. The Bertz CT molecular complexity index is 899. The highest BCUT2D eigenvalue weighted by molar-refractivity contribution is 9.10. The van der Waals surface area contributed by atoms with Gasteiger partial charge in [-0.3, -0.25) is 4.98 Å². The molecule has 0 radical (unpaired) electrons. The van der Waals surface area contributed by atoms with Crippen LogP contribution in [0.3, 0.4) is 0 Å². The van der Waals surface area contributed by atoms with E-state index in [9.17, 15) is 0 Å². The third-order valence-electron chi connectivity index (χ3n) is 3.29. The van der Waals surface area contributed by atoms with Gasteiger partial charge in [0.25, 0.3) is 5.95 Å². The van der Waals surface area contributed by atoms with Crippen LogP contribution in [0.5, 0.6) is 0 Å². The van der Waals surface area contributed by atoms with Crippen molar-refractivity contribution >= 4 is 27.6 Å². The molecule has 0 amide bonds. The molecule has 7 nitrogen and oxygen atoms in total. The van der Waals surface area contributed by atoms with E-state index in [1.807, 2.05) is 31.3 Å². The van der Waals surface area contributed by atoms with Crippen LogP contribution in [0, 0.1) is 12.3 Å². The second kappa shape index (κ2) is 7.77. The molecule has 0 aromatic carbocycles. The summed E-state index contributed by atoms with van der Waals surface area (Å²) in [5, 5.41) is 10.6. The van der Waals surface area contributed by atoms with Gasteiger partial charge in [0, 0.05) is 24.5 Å². The molecule has 0 unspecified atom stereocenters. The largest absolute Gasteiger partial charge is 0.369 e. The van der Waals surface area contributed by atoms with Crippen molar-refractivity contribution in [2.24, 2.45) is 0 Å². The highest BCUT2D eigenvalue weighted by Gasteiger charge is 2.14. The Hall–Kier alpha value is -2.92. The van der Waals surface area contributed by atoms with Crippen molar-refractivity contribution in [3.05, 3.63) is 41.3 Å². The first-order valence-electron chi connectivity index (χ1n) is 7.68. The Morgan fingerprint density at radius 3 is 2.72 bits per heavy atom. The SMILES string of the molecule is C#CCNc1nc(-n2cc(-c3ccccn3)cn2)nc(NCC)c1Br. The van der Waals surface area contributed by atoms with E-state index in [0.29, 0.717) is 24.1 Å². The standard InChI is InChI=1S/C17H16BrN7/c1-3-8-21-16-14(18)15(19-4-2)23-17(24-16)25-11-12(10-22-25)13-7-5-6-9-20-13/h1,5-7,9-11H,4,8H2,2H3,(H2,19,21,23,24). The number of terminal acetylenes is 1. The average molecular weight is 398 g/mol. The number of hydrogen-bond donors (Lipinski definition) is 2. The van der Waals surface area contributed by atoms with Crippen LogP contribution in [0.15, 0.2) is 41.3 Å². The van der Waals surface area contributed by atoms with E-state index >= 15 is 0 Å². The molecule has 0 saturated carbocycles. The second-order valence-electron chi connectivity index (χ2n) is 5.01. The molecule has 0 aliphatic carbocycles. The Morgan fingerprint density at radius 2 is 2.04 bits per heavy atom. The van der Waals surface area contributed by atoms with Crippen LogP contribution in [0.2, 0.25) is 0 Å². The van der Waals surface area contributed by atoms with Crippen molar-refractivity contribution in [2.75, 3.05) is 23.7 Å². The number of anilines is 2. The lowest BCUT2D eigenvalue weighted by atomic mass is 10.2. The minimum atomic E-state index is 0.360. The molecular weight excluding hydrogens is 382 g/mol. The van der Waals surface area contributed by atoms with Gasteiger partial charge in [-0.15, -0.1) is 6.42 Å². The van der Waals surface area contributed by atoms with Crippen LogP contribution in [0.4, 0.5) is 11.6 Å². The summed E-state index contributed by atoms with van der Waals surface area (Å²) in [7, 11) is 0. The second-order valence-corrected chi connectivity index (χ2v) is 5.80. The molecule has 0 atom stereocenters. The fraction of sp³-hybridized carbons (Fsp3) is 0.176. The Labute approximate surface area is 154 Å². The fourth-order valence-corrected chi connectivity index (χ4v) is 2.63. The van der Waals surface area contributed by atoms with Gasteiger partial charge in [0.2, 0.25) is 0 Å². The van der Waals surface area contributed by atoms with Gasteiger partial charge < -0.3 is 10.6 Å². The molecule has 126 valence electrons. The van der Waals surface area contributed by atoms with Gasteiger partial charge in [-0.1, -0.05) is 12.0 Å². The third kappa shape index (κ3) is 3.78. The van der Waals surface area contributed by atoms with Gasteiger partial charge in [0.1, 0.15) is 16.1 Å². The Kier molecular flexibility index (Phi) is 5.26. The number of pyridine rings is 1. The van der Waals surface area contributed by atoms with E-state index in [0.717, 1.165) is 22.3 Å². The molecule has 0 aliphatic rings. The zero-order valence-corrected chi connectivity index (χ0v) is 15.2. The van der Waals surface area contributed by atoms with Crippen molar-refractivity contribution in [2.45, 2.75) is 6.92 Å². The van der Waals surface area contributed by atoms with E-state index in [2.05, 4.69) is 52.5 Å².